The van der Waals surface area contributed by atoms with E-state index in [1.54, 1.807) is 0 Å². The number of aromatic nitrogens is 3. The Morgan fingerprint density at radius 1 is 1.30 bits per heavy atom. The molecule has 1 aliphatic heterocycles. The van der Waals surface area contributed by atoms with Crippen LogP contribution in [0.4, 0.5) is 32.8 Å². The summed E-state index contributed by atoms with van der Waals surface area (Å²) in [5.74, 6) is -6.44. The molecule has 18 heteroatoms. The van der Waals surface area contributed by atoms with Crippen LogP contribution in [0.25, 0.3) is 0 Å². The van der Waals surface area contributed by atoms with Crippen molar-refractivity contribution >= 4 is 49.9 Å². The highest BCUT2D eigenvalue weighted by atomic mass is 35.5. The van der Waals surface area contributed by atoms with E-state index >= 15 is 8.78 Å². The second-order valence-electron chi connectivity index (χ2n) is 8.73. The molecule has 40 heavy (non-hydrogen) atoms. The molecule has 0 radical (unpaired) electrons. The molecule has 0 amide bonds. The van der Waals surface area contributed by atoms with E-state index in [1.165, 1.54) is 11.9 Å². The largest absolute Gasteiger partial charge is 0.493 e. The first-order valence-electron chi connectivity index (χ1n) is 11.4. The average molecular weight is 627 g/mol. The minimum Gasteiger partial charge on any atom is -0.369 e. The fourth-order valence-electron chi connectivity index (χ4n) is 4.09. The van der Waals surface area contributed by atoms with Gasteiger partial charge in [-0.05, 0) is 25.5 Å². The number of anilines is 2. The first-order valence-corrected chi connectivity index (χ1v) is 14.0. The molecule has 3 aromatic rings. The van der Waals surface area contributed by atoms with E-state index in [1.807, 2.05) is 25.1 Å². The first kappa shape index (κ1) is 29.8. The number of carbonyl (C=O) groups is 1. The summed E-state index contributed by atoms with van der Waals surface area (Å²) in [4.78, 5) is 25.0. The Morgan fingerprint density at radius 2 is 2.02 bits per heavy atom. The van der Waals surface area contributed by atoms with E-state index in [-0.39, 0.29) is 23.3 Å². The van der Waals surface area contributed by atoms with Crippen molar-refractivity contribution in [2.75, 3.05) is 29.5 Å². The van der Waals surface area contributed by atoms with E-state index in [2.05, 4.69) is 24.1 Å². The van der Waals surface area contributed by atoms with Gasteiger partial charge in [0.05, 0.1) is 11.4 Å². The number of pyridine rings is 1. The normalized spacial score (nSPS) is 16.2. The Bertz CT molecular complexity index is 1510. The van der Waals surface area contributed by atoms with E-state index in [0.29, 0.717) is 32.1 Å². The first-order chi connectivity index (χ1) is 18.7. The van der Waals surface area contributed by atoms with Crippen molar-refractivity contribution in [1.29, 1.82) is 0 Å². The number of aryl methyl sites for hydroxylation is 1. The Morgan fingerprint density at radius 3 is 2.65 bits per heavy atom. The van der Waals surface area contributed by atoms with E-state index in [0.717, 1.165) is 17.7 Å². The summed E-state index contributed by atoms with van der Waals surface area (Å²) in [7, 11) is -4.12. The molecular formula is C22H20ClF5N6O4S2. The predicted molar refractivity (Wildman–Crippen MR) is 134 cm³/mol. The van der Waals surface area contributed by atoms with Gasteiger partial charge >= 0.3 is 22.2 Å². The number of benzene rings is 1. The second kappa shape index (κ2) is 11.4. The van der Waals surface area contributed by atoms with Gasteiger partial charge in [-0.25, -0.2) is 18.6 Å². The summed E-state index contributed by atoms with van der Waals surface area (Å²) in [6.45, 7) is 3.52. The number of halogens is 6. The number of rotatable bonds is 8. The van der Waals surface area contributed by atoms with Crippen molar-refractivity contribution in [2.45, 2.75) is 37.0 Å². The summed E-state index contributed by atoms with van der Waals surface area (Å²) in [6.07, 6.45) is -4.31. The van der Waals surface area contributed by atoms with E-state index in [9.17, 15) is 26.4 Å². The maximum atomic E-state index is 15.4. The fourth-order valence-corrected chi connectivity index (χ4v) is 6.43. The maximum absolute atomic E-state index is 15.4. The maximum Gasteiger partial charge on any atom is 0.493 e. The van der Waals surface area contributed by atoms with Gasteiger partial charge in [-0.15, -0.1) is 0 Å². The molecule has 0 spiro atoms. The summed E-state index contributed by atoms with van der Waals surface area (Å²) >= 11 is 6.33. The lowest BCUT2D eigenvalue weighted by molar-refractivity contribution is -0.199. The lowest BCUT2D eigenvalue weighted by Gasteiger charge is -2.29. The Kier molecular flexibility index (Phi) is 8.49. The van der Waals surface area contributed by atoms with Gasteiger partial charge in [0.25, 0.3) is 5.13 Å². The van der Waals surface area contributed by atoms with Crippen molar-refractivity contribution in [3.8, 4) is 0 Å². The minimum atomic E-state index is -5.64. The molecule has 0 saturated carbocycles. The third-order valence-corrected chi connectivity index (χ3v) is 8.67. The van der Waals surface area contributed by atoms with Crippen molar-refractivity contribution in [1.82, 2.24) is 19.2 Å². The molecule has 4 rings (SSSR count). The molecule has 2 aromatic heterocycles. The van der Waals surface area contributed by atoms with Gasteiger partial charge in [0.15, 0.2) is 10.7 Å². The lowest BCUT2D eigenvalue weighted by atomic mass is 10.2. The SMILES string of the molecule is Cc1cccc(CN2CC[C@H](N(C)c3cc(F)c(S(=O)(=O)N(OC(=O)C(F)(F)F)c4ncns4)c(F)c3Cl)C2)n1. The van der Waals surface area contributed by atoms with Crippen LogP contribution in [0.1, 0.15) is 17.8 Å². The highest BCUT2D eigenvalue weighted by molar-refractivity contribution is 7.92. The molecule has 0 bridgehead atoms. The molecule has 1 aromatic carbocycles. The van der Waals surface area contributed by atoms with Crippen LogP contribution in [-0.2, 0) is 26.2 Å². The van der Waals surface area contributed by atoms with Gasteiger partial charge in [0, 0.05) is 56.0 Å². The summed E-state index contributed by atoms with van der Waals surface area (Å²) in [5.41, 5.74) is 1.51. The number of alkyl halides is 3. The van der Waals surface area contributed by atoms with Crippen molar-refractivity contribution in [3.63, 3.8) is 0 Å². The van der Waals surface area contributed by atoms with Crippen molar-refractivity contribution in [2.24, 2.45) is 0 Å². The number of sulfonamides is 1. The zero-order valence-corrected chi connectivity index (χ0v) is 23.1. The highest BCUT2D eigenvalue weighted by Gasteiger charge is 2.47. The minimum absolute atomic E-state index is 0.189. The Hall–Kier alpha value is -3.15. The standard InChI is InChI=1S/C22H20ClF5N6O4S2/c1-12-4-3-5-13(31-12)9-33-7-6-14(10-33)32(2)16-8-15(24)19(18(25)17(16)23)40(36,37)34(21-29-11-30-39-21)38-20(35)22(26,27)28/h3-5,8,11,14H,6-7,9-10H2,1-2H3/t14-/m0/s1. The van der Waals surface area contributed by atoms with Crippen LogP contribution in [0, 0.1) is 18.6 Å². The second-order valence-corrected chi connectivity index (χ2v) is 11.6. The third kappa shape index (κ3) is 6.11. The van der Waals surface area contributed by atoms with Crippen LogP contribution in [0.2, 0.25) is 5.02 Å². The van der Waals surface area contributed by atoms with Crippen molar-refractivity contribution in [3.05, 3.63) is 58.6 Å². The van der Waals surface area contributed by atoms with Crippen LogP contribution in [-0.4, -0.2) is 66.0 Å². The fraction of sp³-hybridized carbons (Fsp3) is 0.364. The molecule has 1 atom stereocenters. The topological polar surface area (TPSA) is 109 Å². The smallest absolute Gasteiger partial charge is 0.369 e. The van der Waals surface area contributed by atoms with Crippen LogP contribution >= 0.6 is 23.1 Å². The summed E-state index contributed by atoms with van der Waals surface area (Å²) < 4.78 is 98.1. The molecule has 3 heterocycles. The number of hydrogen-bond acceptors (Lipinski definition) is 10. The Labute approximate surface area is 234 Å². The van der Waals surface area contributed by atoms with Gasteiger partial charge in [-0.1, -0.05) is 22.1 Å². The van der Waals surface area contributed by atoms with Crippen LogP contribution in [0.5, 0.6) is 0 Å². The zero-order chi connectivity index (χ0) is 29.4. The molecule has 1 aliphatic rings. The molecule has 10 nitrogen and oxygen atoms in total. The number of nitrogens with zero attached hydrogens (tertiary/aromatic N) is 6. The van der Waals surface area contributed by atoms with Crippen LogP contribution in [0.3, 0.4) is 0 Å². The average Bonchev–Trinajstić information content (AvgIpc) is 3.56. The molecule has 0 N–H and O–H groups in total. The number of hydrogen-bond donors (Lipinski definition) is 0. The molecule has 1 saturated heterocycles. The monoisotopic (exact) mass is 626 g/mol. The molecular weight excluding hydrogens is 607 g/mol. The van der Waals surface area contributed by atoms with E-state index < -0.39 is 53.3 Å². The van der Waals surface area contributed by atoms with Gasteiger partial charge in [-0.2, -0.15) is 26.0 Å². The van der Waals surface area contributed by atoms with Gasteiger partial charge in [-0.3, -0.25) is 9.88 Å². The zero-order valence-electron chi connectivity index (χ0n) is 20.7. The van der Waals surface area contributed by atoms with Gasteiger partial charge in [0.2, 0.25) is 0 Å². The molecule has 1 fully saturated rings. The van der Waals surface area contributed by atoms with Gasteiger partial charge < -0.3 is 9.74 Å². The lowest BCUT2D eigenvalue weighted by Crippen LogP contribution is -2.39. The van der Waals surface area contributed by atoms with Crippen molar-refractivity contribution < 1.29 is 40.0 Å². The summed E-state index contributed by atoms with van der Waals surface area (Å²) in [5, 5.41) is -1.72. The molecule has 216 valence electrons. The molecule has 0 aliphatic carbocycles. The quantitative estimate of drug-likeness (QED) is 0.207. The Balaban J connectivity index is 1.62. The predicted octanol–water partition coefficient (Wildman–Crippen LogP) is 4.10. The van der Waals surface area contributed by atoms with Crippen LogP contribution < -0.4 is 9.37 Å². The van der Waals surface area contributed by atoms with Crippen LogP contribution in [0.15, 0.2) is 35.5 Å². The van der Waals surface area contributed by atoms with E-state index in [4.69, 9.17) is 11.6 Å². The number of carbonyl (C=O) groups excluding carboxylic acids is 1. The highest BCUT2D eigenvalue weighted by Crippen LogP contribution is 2.38. The molecule has 0 unspecified atom stereocenters. The number of likely N-dealkylation sites (N-methyl/N-ethyl adjacent to an activating group) is 1. The number of likely N-dealkylation sites (tertiary alicyclic amines) is 1. The summed E-state index contributed by atoms with van der Waals surface area (Å²) in [6, 6.07) is 6.00. The van der Waals surface area contributed by atoms with Gasteiger partial charge in [0.1, 0.15) is 17.2 Å². The third-order valence-electron chi connectivity index (χ3n) is 5.98.